The largest absolute Gasteiger partial charge is 0.366 e. The zero-order valence-electron chi connectivity index (χ0n) is 18.9. The Bertz CT molecular complexity index is 1100. The van der Waals surface area contributed by atoms with Crippen LogP contribution in [0.25, 0.3) is 0 Å². The zero-order chi connectivity index (χ0) is 23.2. The lowest BCUT2D eigenvalue weighted by Gasteiger charge is -2.31. The van der Waals surface area contributed by atoms with E-state index in [1.165, 1.54) is 0 Å². The fourth-order valence-electron chi connectivity index (χ4n) is 5.01. The molecule has 1 atom stereocenters. The number of hydrogen-bond acceptors (Lipinski definition) is 6. The second kappa shape index (κ2) is 8.66. The summed E-state index contributed by atoms with van der Waals surface area (Å²) in [6.45, 7) is 6.26. The smallest absolute Gasteiger partial charge is 0.249 e. The minimum absolute atomic E-state index is 0.0127. The van der Waals surface area contributed by atoms with Gasteiger partial charge in [-0.25, -0.2) is 0 Å². The number of fused-ring (bicyclic) bond motifs is 2. The van der Waals surface area contributed by atoms with Gasteiger partial charge in [-0.2, -0.15) is 0 Å². The minimum Gasteiger partial charge on any atom is -0.366 e. The molecule has 3 N–H and O–H groups in total. The second-order valence-corrected chi connectivity index (χ2v) is 10.4. The van der Waals surface area contributed by atoms with E-state index in [0.717, 1.165) is 21.2 Å². The van der Waals surface area contributed by atoms with Crippen molar-refractivity contribution in [3.05, 3.63) is 47.5 Å². The van der Waals surface area contributed by atoms with Crippen molar-refractivity contribution in [3.63, 3.8) is 0 Å². The molecule has 2 aromatic rings. The SMILES string of the molecule is CC(C)C[C@H](C(=O)N1CCC2(C1)OCCO2)c1c(C(N)=O)ccc2c1Nc1ccccc1S2. The molecule has 5 rings (SSSR count). The van der Waals surface area contributed by atoms with Crippen LogP contribution in [0.5, 0.6) is 0 Å². The topological polar surface area (TPSA) is 93.9 Å². The van der Waals surface area contributed by atoms with E-state index in [9.17, 15) is 9.59 Å². The lowest BCUT2D eigenvalue weighted by Crippen LogP contribution is -2.39. The molecule has 33 heavy (non-hydrogen) atoms. The van der Waals surface area contributed by atoms with Crippen LogP contribution in [0.2, 0.25) is 0 Å². The first-order valence-corrected chi connectivity index (χ1v) is 12.3. The quantitative estimate of drug-likeness (QED) is 0.587. The average molecular weight is 468 g/mol. The van der Waals surface area contributed by atoms with Gasteiger partial charge in [-0.1, -0.05) is 37.7 Å². The van der Waals surface area contributed by atoms with Gasteiger partial charge in [0.25, 0.3) is 0 Å². The molecule has 2 aromatic carbocycles. The average Bonchev–Trinajstić information content (AvgIpc) is 3.44. The maximum absolute atomic E-state index is 14.0. The van der Waals surface area contributed by atoms with Gasteiger partial charge in [0.15, 0.2) is 5.79 Å². The molecular formula is C25H29N3O4S. The summed E-state index contributed by atoms with van der Waals surface area (Å²) in [5.74, 6) is -1.48. The van der Waals surface area contributed by atoms with Crippen molar-refractivity contribution in [1.82, 2.24) is 4.90 Å². The highest BCUT2D eigenvalue weighted by molar-refractivity contribution is 7.99. The molecule has 0 unspecified atom stereocenters. The fraction of sp³-hybridized carbons (Fsp3) is 0.440. The number of carbonyl (C=O) groups excluding carboxylic acids is 2. The van der Waals surface area contributed by atoms with Gasteiger partial charge in [0.1, 0.15) is 0 Å². The van der Waals surface area contributed by atoms with Crippen molar-refractivity contribution in [2.75, 3.05) is 31.6 Å². The van der Waals surface area contributed by atoms with Gasteiger partial charge in [-0.05, 0) is 36.6 Å². The Morgan fingerprint density at radius 2 is 1.91 bits per heavy atom. The predicted octanol–water partition coefficient (Wildman–Crippen LogP) is 4.10. The van der Waals surface area contributed by atoms with Gasteiger partial charge in [-0.3, -0.25) is 9.59 Å². The van der Waals surface area contributed by atoms with Gasteiger partial charge in [0.2, 0.25) is 11.8 Å². The number of amides is 2. The number of nitrogens with zero attached hydrogens (tertiary/aromatic N) is 1. The lowest BCUT2D eigenvalue weighted by molar-refractivity contribution is -0.153. The Morgan fingerprint density at radius 3 is 2.64 bits per heavy atom. The number of ether oxygens (including phenoxy) is 2. The minimum atomic E-state index is -0.687. The molecule has 0 bridgehead atoms. The maximum atomic E-state index is 14.0. The molecule has 3 heterocycles. The molecular weight excluding hydrogens is 438 g/mol. The van der Waals surface area contributed by atoms with Crippen LogP contribution >= 0.6 is 11.8 Å². The van der Waals surface area contributed by atoms with E-state index in [4.69, 9.17) is 15.2 Å². The number of rotatable bonds is 5. The third kappa shape index (κ3) is 4.11. The van der Waals surface area contributed by atoms with E-state index in [0.29, 0.717) is 50.3 Å². The molecule has 0 radical (unpaired) electrons. The van der Waals surface area contributed by atoms with Crippen molar-refractivity contribution < 1.29 is 19.1 Å². The first-order chi connectivity index (χ1) is 15.9. The summed E-state index contributed by atoms with van der Waals surface area (Å²) in [6.07, 6.45) is 1.26. The summed E-state index contributed by atoms with van der Waals surface area (Å²) >= 11 is 1.63. The highest BCUT2D eigenvalue weighted by Gasteiger charge is 2.46. The van der Waals surface area contributed by atoms with Crippen molar-refractivity contribution in [1.29, 1.82) is 0 Å². The lowest BCUT2D eigenvalue weighted by atomic mass is 9.84. The van der Waals surface area contributed by atoms with E-state index < -0.39 is 17.6 Å². The Morgan fingerprint density at radius 1 is 1.15 bits per heavy atom. The first kappa shape index (κ1) is 22.3. The number of para-hydroxylation sites is 1. The summed E-state index contributed by atoms with van der Waals surface area (Å²) in [5.41, 5.74) is 8.66. The van der Waals surface area contributed by atoms with E-state index in [-0.39, 0.29) is 11.8 Å². The Hall–Kier alpha value is -2.55. The molecule has 0 aromatic heterocycles. The second-order valence-electron chi connectivity index (χ2n) is 9.29. The van der Waals surface area contributed by atoms with E-state index in [1.807, 2.05) is 29.2 Å². The normalized spacial score (nSPS) is 19.3. The number of carbonyl (C=O) groups is 2. The number of anilines is 2. The third-order valence-corrected chi connectivity index (χ3v) is 7.65. The highest BCUT2D eigenvalue weighted by atomic mass is 32.2. The number of nitrogens with two attached hydrogens (primary N) is 1. The molecule has 8 heteroatoms. The van der Waals surface area contributed by atoms with E-state index >= 15 is 0 Å². The van der Waals surface area contributed by atoms with Crippen LogP contribution in [0, 0.1) is 5.92 Å². The van der Waals surface area contributed by atoms with Crippen LogP contribution in [0.15, 0.2) is 46.2 Å². The number of nitrogens with one attached hydrogen (secondary N) is 1. The summed E-state index contributed by atoms with van der Waals surface area (Å²) < 4.78 is 11.7. The van der Waals surface area contributed by atoms with Crippen molar-refractivity contribution >= 4 is 35.0 Å². The van der Waals surface area contributed by atoms with Crippen LogP contribution in [-0.4, -0.2) is 48.8 Å². The van der Waals surface area contributed by atoms with Crippen LogP contribution in [0.4, 0.5) is 11.4 Å². The standard InChI is InChI=1S/C25H29N3O4S/c1-15(2)13-17(24(30)28-10-9-25(14-28)31-11-12-32-25)21-16(23(26)29)7-8-20-22(21)27-18-5-3-4-6-19(18)33-20/h3-8,15,17,27H,9-14H2,1-2H3,(H2,26,29)/t17-/m0/s1. The first-order valence-electron chi connectivity index (χ1n) is 11.4. The van der Waals surface area contributed by atoms with Crippen molar-refractivity contribution in [2.45, 2.75) is 48.2 Å². The Labute approximate surface area is 198 Å². The Kier molecular flexibility index (Phi) is 5.84. The number of hydrogen-bond donors (Lipinski definition) is 2. The molecule has 174 valence electrons. The molecule has 2 saturated heterocycles. The van der Waals surface area contributed by atoms with Crippen molar-refractivity contribution in [2.24, 2.45) is 11.7 Å². The molecule has 3 aliphatic rings. The van der Waals surface area contributed by atoms with E-state index in [2.05, 4.69) is 25.2 Å². The summed E-state index contributed by atoms with van der Waals surface area (Å²) in [6, 6.07) is 11.7. The maximum Gasteiger partial charge on any atom is 0.249 e. The van der Waals surface area contributed by atoms with Gasteiger partial charge >= 0.3 is 0 Å². The molecule has 7 nitrogen and oxygen atoms in total. The summed E-state index contributed by atoms with van der Waals surface area (Å²) in [7, 11) is 0. The molecule has 3 aliphatic heterocycles. The molecule has 0 aliphatic carbocycles. The number of benzene rings is 2. The van der Waals surface area contributed by atoms with Gasteiger partial charge in [0.05, 0.1) is 37.1 Å². The predicted molar refractivity (Wildman–Crippen MR) is 127 cm³/mol. The molecule has 0 saturated carbocycles. The molecule has 2 fully saturated rings. The van der Waals surface area contributed by atoms with Crippen molar-refractivity contribution in [3.8, 4) is 0 Å². The summed E-state index contributed by atoms with van der Waals surface area (Å²) in [4.78, 5) is 30.4. The van der Waals surface area contributed by atoms with Crippen LogP contribution in [0.3, 0.4) is 0 Å². The van der Waals surface area contributed by atoms with Gasteiger partial charge in [0, 0.05) is 33.9 Å². The van der Waals surface area contributed by atoms with Gasteiger partial charge in [-0.15, -0.1) is 0 Å². The molecule has 1 spiro atoms. The monoisotopic (exact) mass is 467 g/mol. The van der Waals surface area contributed by atoms with Crippen LogP contribution < -0.4 is 11.1 Å². The summed E-state index contributed by atoms with van der Waals surface area (Å²) in [5, 5.41) is 3.50. The Balaban J connectivity index is 1.56. The molecule has 2 amide bonds. The zero-order valence-corrected chi connectivity index (χ0v) is 19.7. The number of primary amides is 1. The van der Waals surface area contributed by atoms with Gasteiger partial charge < -0.3 is 25.4 Å². The highest BCUT2D eigenvalue weighted by Crippen LogP contribution is 2.49. The fourth-order valence-corrected chi connectivity index (χ4v) is 6.02. The van der Waals surface area contributed by atoms with Crippen LogP contribution in [-0.2, 0) is 14.3 Å². The third-order valence-electron chi connectivity index (χ3n) is 6.51. The number of likely N-dealkylation sites (tertiary alicyclic amines) is 1. The van der Waals surface area contributed by atoms with E-state index in [1.54, 1.807) is 17.8 Å². The van der Waals surface area contributed by atoms with Crippen LogP contribution in [0.1, 0.15) is 48.5 Å².